The third-order valence-electron chi connectivity index (χ3n) is 1.50. The first-order valence-corrected chi connectivity index (χ1v) is 7.63. The van der Waals surface area contributed by atoms with Gasteiger partial charge in [0, 0.05) is 11.8 Å². The zero-order valence-electron chi connectivity index (χ0n) is 8.91. The lowest BCUT2D eigenvalue weighted by Crippen LogP contribution is -2.13. The highest BCUT2D eigenvalue weighted by Crippen LogP contribution is 2.01. The fourth-order valence-electron chi connectivity index (χ4n) is 1.000. The van der Waals surface area contributed by atoms with Gasteiger partial charge in [0.25, 0.3) is 20.2 Å². The normalized spacial score (nSPS) is 16.0. The molecule has 0 saturated carbocycles. The van der Waals surface area contributed by atoms with Crippen LogP contribution in [0.2, 0.25) is 0 Å². The molecule has 0 aromatic rings. The Bertz CT molecular complexity index is 434. The van der Waals surface area contributed by atoms with Gasteiger partial charge in [-0.05, 0) is 0 Å². The van der Waals surface area contributed by atoms with Crippen molar-refractivity contribution in [1.29, 1.82) is 0 Å². The molecule has 0 bridgehead atoms. The molecule has 94 valence electrons. The Morgan fingerprint density at radius 2 is 1.12 bits per heavy atom. The van der Waals surface area contributed by atoms with Crippen LogP contribution in [0, 0.1) is 23.7 Å². The third-order valence-corrected chi connectivity index (χ3v) is 3.34. The first kappa shape index (κ1) is 15.4. The van der Waals surface area contributed by atoms with Crippen LogP contribution in [0.5, 0.6) is 0 Å². The summed E-state index contributed by atoms with van der Waals surface area (Å²) in [5.74, 6) is 2.79. The Morgan fingerprint density at radius 1 is 0.875 bits per heavy atom. The van der Waals surface area contributed by atoms with Crippen molar-refractivity contribution in [2.45, 2.75) is 13.8 Å². The maximum atomic E-state index is 10.5. The van der Waals surface area contributed by atoms with Crippen LogP contribution in [0.25, 0.3) is 0 Å². The van der Waals surface area contributed by atoms with E-state index in [1.165, 1.54) is 13.8 Å². The highest BCUT2D eigenvalue weighted by atomic mass is 32.2. The van der Waals surface area contributed by atoms with Crippen LogP contribution in [0.15, 0.2) is 0 Å². The number of hydrogen-bond acceptors (Lipinski definition) is 4. The Morgan fingerprint density at radius 3 is 1.31 bits per heavy atom. The Hall–Kier alpha value is -0.620. The maximum absolute atomic E-state index is 10.5. The van der Waals surface area contributed by atoms with Gasteiger partial charge in [-0.25, -0.2) is 0 Å². The fourth-order valence-corrected chi connectivity index (χ4v) is 2.43. The monoisotopic (exact) mass is 270 g/mol. The molecule has 0 heterocycles. The highest BCUT2D eigenvalue weighted by molar-refractivity contribution is 7.86. The van der Waals surface area contributed by atoms with Crippen molar-refractivity contribution in [3.8, 4) is 11.8 Å². The maximum Gasteiger partial charge on any atom is 0.266 e. The molecule has 0 aliphatic carbocycles. The molecule has 0 amide bonds. The van der Waals surface area contributed by atoms with Gasteiger partial charge in [0.05, 0.1) is 11.5 Å². The molecule has 0 aromatic carbocycles. The molecule has 16 heavy (non-hydrogen) atoms. The average Bonchev–Trinajstić information content (AvgIpc) is 1.94. The molecule has 2 unspecified atom stereocenters. The minimum absolute atomic E-state index is 0.501. The van der Waals surface area contributed by atoms with Crippen LogP contribution in [0.3, 0.4) is 0 Å². The molecule has 0 radical (unpaired) electrons. The predicted molar refractivity (Wildman–Crippen MR) is 58.9 cm³/mol. The summed E-state index contributed by atoms with van der Waals surface area (Å²) in [5.41, 5.74) is 0. The van der Waals surface area contributed by atoms with E-state index in [0.29, 0.717) is 0 Å². The molecule has 0 fully saturated rings. The second-order valence-corrected chi connectivity index (χ2v) is 6.58. The van der Waals surface area contributed by atoms with Crippen molar-refractivity contribution >= 4 is 20.2 Å². The van der Waals surface area contributed by atoms with Crippen LogP contribution >= 0.6 is 0 Å². The second-order valence-electron chi connectivity index (χ2n) is 3.59. The standard InChI is InChI=1S/C8H14O6S2/c1-7(5-15(9,10)11)3-4-8(2)6-16(12,13)14/h7-8H,5-6H2,1-2H3,(H,9,10,11)(H,12,13,14). The lowest BCUT2D eigenvalue weighted by atomic mass is 10.1. The Kier molecular flexibility index (Phi) is 5.41. The second kappa shape index (κ2) is 5.63. The Labute approximate surface area is 95.6 Å². The zero-order valence-corrected chi connectivity index (χ0v) is 10.5. The molecule has 0 aromatic heterocycles. The van der Waals surface area contributed by atoms with Gasteiger partial charge < -0.3 is 0 Å². The van der Waals surface area contributed by atoms with Crippen molar-refractivity contribution in [2.24, 2.45) is 11.8 Å². The third kappa shape index (κ3) is 9.92. The molecule has 0 saturated heterocycles. The summed E-state index contributed by atoms with van der Waals surface area (Å²) in [4.78, 5) is 0. The van der Waals surface area contributed by atoms with Crippen molar-refractivity contribution in [3.63, 3.8) is 0 Å². The first-order valence-electron chi connectivity index (χ1n) is 4.41. The molecular weight excluding hydrogens is 256 g/mol. The summed E-state index contributed by atoms with van der Waals surface area (Å²) in [6.45, 7) is 2.97. The van der Waals surface area contributed by atoms with E-state index >= 15 is 0 Å². The minimum atomic E-state index is -4.08. The number of hydrogen-bond donors (Lipinski definition) is 2. The molecule has 6 nitrogen and oxygen atoms in total. The van der Waals surface area contributed by atoms with Gasteiger partial charge in [0.2, 0.25) is 0 Å². The summed E-state index contributed by atoms with van der Waals surface area (Å²) in [6.07, 6.45) is 0. The molecule has 8 heteroatoms. The first-order chi connectivity index (χ1) is 6.99. The van der Waals surface area contributed by atoms with Gasteiger partial charge in [-0.2, -0.15) is 16.8 Å². The Balaban J connectivity index is 4.40. The largest absolute Gasteiger partial charge is 0.286 e. The van der Waals surface area contributed by atoms with E-state index in [1.54, 1.807) is 0 Å². The van der Waals surface area contributed by atoms with E-state index in [9.17, 15) is 16.8 Å². The van der Waals surface area contributed by atoms with Gasteiger partial charge in [-0.3, -0.25) is 9.11 Å². The van der Waals surface area contributed by atoms with Crippen LogP contribution in [0.4, 0.5) is 0 Å². The smallest absolute Gasteiger partial charge is 0.266 e. The summed E-state index contributed by atoms with van der Waals surface area (Å²) in [7, 11) is -8.15. The molecule has 0 spiro atoms. The van der Waals surface area contributed by atoms with E-state index in [0.717, 1.165) is 0 Å². The van der Waals surface area contributed by atoms with Crippen molar-refractivity contribution in [3.05, 3.63) is 0 Å². The topological polar surface area (TPSA) is 109 Å². The van der Waals surface area contributed by atoms with Crippen molar-refractivity contribution < 1.29 is 25.9 Å². The van der Waals surface area contributed by atoms with Gasteiger partial charge in [0.15, 0.2) is 0 Å². The number of rotatable bonds is 4. The van der Waals surface area contributed by atoms with Crippen LogP contribution in [0.1, 0.15) is 13.8 Å². The SMILES string of the molecule is CC(C#CC(C)CS(=O)(=O)O)CS(=O)(=O)O. The highest BCUT2D eigenvalue weighted by Gasteiger charge is 2.12. The fraction of sp³-hybridized carbons (Fsp3) is 0.750. The minimum Gasteiger partial charge on any atom is -0.286 e. The molecular formula is C8H14O6S2. The molecule has 2 N–H and O–H groups in total. The van der Waals surface area contributed by atoms with Crippen molar-refractivity contribution in [2.75, 3.05) is 11.5 Å². The van der Waals surface area contributed by atoms with Gasteiger partial charge >= 0.3 is 0 Å². The zero-order chi connectivity index (χ0) is 13.0. The van der Waals surface area contributed by atoms with Crippen LogP contribution < -0.4 is 0 Å². The average molecular weight is 270 g/mol. The van der Waals surface area contributed by atoms with E-state index < -0.39 is 43.6 Å². The summed E-state index contributed by atoms with van der Waals surface area (Å²) >= 11 is 0. The van der Waals surface area contributed by atoms with Crippen LogP contribution in [-0.2, 0) is 20.2 Å². The van der Waals surface area contributed by atoms with Gasteiger partial charge in [0.1, 0.15) is 0 Å². The van der Waals surface area contributed by atoms with E-state index in [-0.39, 0.29) is 0 Å². The molecule has 0 aliphatic heterocycles. The summed E-state index contributed by atoms with van der Waals surface area (Å²) < 4.78 is 58.9. The molecule has 2 atom stereocenters. The van der Waals surface area contributed by atoms with Gasteiger partial charge in [-0.15, -0.1) is 0 Å². The predicted octanol–water partition coefficient (Wildman–Crippen LogP) is 0.0376. The van der Waals surface area contributed by atoms with Gasteiger partial charge in [-0.1, -0.05) is 25.7 Å². The van der Waals surface area contributed by atoms with E-state index in [4.69, 9.17) is 9.11 Å². The van der Waals surface area contributed by atoms with E-state index in [1.807, 2.05) is 0 Å². The summed E-state index contributed by atoms with van der Waals surface area (Å²) in [5, 5.41) is 0. The molecule has 0 aliphatic rings. The lowest BCUT2D eigenvalue weighted by Gasteiger charge is -2.02. The van der Waals surface area contributed by atoms with Crippen LogP contribution in [-0.4, -0.2) is 37.4 Å². The van der Waals surface area contributed by atoms with E-state index in [2.05, 4.69) is 11.8 Å². The lowest BCUT2D eigenvalue weighted by molar-refractivity contribution is 0.474. The van der Waals surface area contributed by atoms with Crippen molar-refractivity contribution in [1.82, 2.24) is 0 Å². The quantitative estimate of drug-likeness (QED) is 0.551. The summed E-state index contributed by atoms with van der Waals surface area (Å²) in [6, 6.07) is 0. The molecule has 0 rings (SSSR count).